The van der Waals surface area contributed by atoms with E-state index in [1.165, 1.54) is 22.5 Å². The number of thioether (sulfide) groups is 1. The zero-order valence-corrected chi connectivity index (χ0v) is 14.4. The minimum atomic E-state index is 0.317. The van der Waals surface area contributed by atoms with Gasteiger partial charge in [0.25, 0.3) is 0 Å². The summed E-state index contributed by atoms with van der Waals surface area (Å²) in [5.41, 5.74) is 1.11. The highest BCUT2D eigenvalue weighted by atomic mass is 32.2. The minimum absolute atomic E-state index is 0.317. The Balaban J connectivity index is 2.06. The van der Waals surface area contributed by atoms with E-state index in [0.717, 1.165) is 12.1 Å². The monoisotopic (exact) mass is 308 g/mol. The van der Waals surface area contributed by atoms with Crippen molar-refractivity contribution >= 4 is 33.3 Å². The standard InChI is InChI=1S/C16H24N2S2/c1-5-16(6-2,19-4)11-17-12(3)15-18-13-9-7-8-10-14(13)20-15/h7-10,12,17H,5-6,11H2,1-4H3. The van der Waals surface area contributed by atoms with Crippen molar-refractivity contribution < 1.29 is 0 Å². The Hall–Kier alpha value is -0.580. The van der Waals surface area contributed by atoms with Gasteiger partial charge in [-0.2, -0.15) is 11.8 Å². The average molecular weight is 309 g/mol. The van der Waals surface area contributed by atoms with Crippen LogP contribution < -0.4 is 5.32 Å². The molecule has 0 saturated heterocycles. The SMILES string of the molecule is CCC(CC)(CNC(C)c1nc2ccccc2s1)SC. The Morgan fingerprint density at radius 1 is 1.30 bits per heavy atom. The van der Waals surface area contributed by atoms with Crippen molar-refractivity contribution in [2.24, 2.45) is 0 Å². The molecule has 0 aliphatic rings. The molecule has 2 rings (SSSR count). The molecule has 0 amide bonds. The number of nitrogens with one attached hydrogen (secondary N) is 1. The number of nitrogens with zero attached hydrogens (tertiary/aromatic N) is 1. The van der Waals surface area contributed by atoms with Crippen LogP contribution in [0.4, 0.5) is 0 Å². The normalized spacial score (nSPS) is 13.8. The third kappa shape index (κ3) is 3.35. The quantitative estimate of drug-likeness (QED) is 0.790. The third-order valence-corrected chi connectivity index (χ3v) is 6.94. The summed E-state index contributed by atoms with van der Waals surface area (Å²) in [6, 6.07) is 8.68. The molecule has 20 heavy (non-hydrogen) atoms. The predicted molar refractivity (Wildman–Crippen MR) is 92.9 cm³/mol. The molecule has 110 valence electrons. The first-order chi connectivity index (χ1) is 9.64. The van der Waals surface area contributed by atoms with Gasteiger partial charge in [-0.1, -0.05) is 26.0 Å². The summed E-state index contributed by atoms with van der Waals surface area (Å²) in [7, 11) is 0. The minimum Gasteiger partial charge on any atom is -0.307 e. The van der Waals surface area contributed by atoms with Gasteiger partial charge < -0.3 is 5.32 Å². The molecule has 1 atom stereocenters. The zero-order valence-electron chi connectivity index (χ0n) is 12.8. The second-order valence-corrected chi connectivity index (χ2v) is 7.55. The fourth-order valence-corrected chi connectivity index (χ4v) is 4.16. The number of thiazole rings is 1. The van der Waals surface area contributed by atoms with Gasteiger partial charge in [0.1, 0.15) is 5.01 Å². The second kappa shape index (κ2) is 6.92. The molecule has 1 aromatic heterocycles. The molecule has 1 N–H and O–H groups in total. The Labute approximate surface area is 130 Å². The highest BCUT2D eigenvalue weighted by Gasteiger charge is 2.25. The number of rotatable bonds is 7. The Kier molecular flexibility index (Phi) is 5.47. The van der Waals surface area contributed by atoms with Crippen molar-refractivity contribution in [1.82, 2.24) is 10.3 Å². The highest BCUT2D eigenvalue weighted by molar-refractivity contribution is 8.00. The summed E-state index contributed by atoms with van der Waals surface area (Å²) < 4.78 is 1.63. The Bertz CT molecular complexity index is 505. The maximum Gasteiger partial charge on any atom is 0.111 e. The van der Waals surface area contributed by atoms with E-state index < -0.39 is 0 Å². The summed E-state index contributed by atoms with van der Waals surface area (Å²) in [6.45, 7) is 7.82. The third-order valence-electron chi connectivity index (χ3n) is 4.13. The molecule has 0 fully saturated rings. The molecule has 0 aliphatic carbocycles. The van der Waals surface area contributed by atoms with Crippen molar-refractivity contribution in [2.75, 3.05) is 12.8 Å². The summed E-state index contributed by atoms with van der Waals surface area (Å²) in [4.78, 5) is 4.74. The first-order valence-electron chi connectivity index (χ1n) is 7.28. The van der Waals surface area contributed by atoms with Gasteiger partial charge in [-0.15, -0.1) is 11.3 Å². The maximum atomic E-state index is 4.74. The zero-order chi connectivity index (χ0) is 14.6. The molecule has 0 radical (unpaired) electrons. The van der Waals surface area contributed by atoms with Crippen LogP contribution in [0.5, 0.6) is 0 Å². The largest absolute Gasteiger partial charge is 0.307 e. The van der Waals surface area contributed by atoms with Crippen molar-refractivity contribution in [1.29, 1.82) is 0 Å². The van der Waals surface area contributed by atoms with Crippen LogP contribution in [0, 0.1) is 0 Å². The molecule has 0 spiro atoms. The smallest absolute Gasteiger partial charge is 0.111 e. The molecule has 2 aromatic rings. The number of hydrogen-bond donors (Lipinski definition) is 1. The number of fused-ring (bicyclic) bond motifs is 1. The lowest BCUT2D eigenvalue weighted by Gasteiger charge is -2.31. The molecular weight excluding hydrogens is 284 g/mol. The average Bonchev–Trinajstić information content (AvgIpc) is 2.93. The molecule has 0 saturated carbocycles. The first-order valence-corrected chi connectivity index (χ1v) is 9.32. The fourth-order valence-electron chi connectivity index (χ4n) is 2.36. The van der Waals surface area contributed by atoms with E-state index in [0.29, 0.717) is 10.8 Å². The Morgan fingerprint density at radius 2 is 2.00 bits per heavy atom. The van der Waals surface area contributed by atoms with E-state index in [2.05, 4.69) is 56.6 Å². The van der Waals surface area contributed by atoms with E-state index in [1.54, 1.807) is 11.3 Å². The van der Waals surface area contributed by atoms with Crippen LogP contribution in [0.15, 0.2) is 24.3 Å². The van der Waals surface area contributed by atoms with Crippen LogP contribution in [-0.4, -0.2) is 22.5 Å². The van der Waals surface area contributed by atoms with Crippen molar-refractivity contribution in [2.45, 2.75) is 44.4 Å². The number of para-hydroxylation sites is 1. The molecule has 1 unspecified atom stereocenters. The van der Waals surface area contributed by atoms with E-state index in [9.17, 15) is 0 Å². The van der Waals surface area contributed by atoms with Gasteiger partial charge in [-0.25, -0.2) is 4.98 Å². The molecular formula is C16H24N2S2. The maximum absolute atomic E-state index is 4.74. The van der Waals surface area contributed by atoms with Gasteiger partial charge in [0, 0.05) is 11.3 Å². The van der Waals surface area contributed by atoms with Crippen molar-refractivity contribution in [3.8, 4) is 0 Å². The van der Waals surface area contributed by atoms with Crippen LogP contribution >= 0.6 is 23.1 Å². The number of aromatic nitrogens is 1. The summed E-state index contributed by atoms with van der Waals surface area (Å²) >= 11 is 3.78. The lowest BCUT2D eigenvalue weighted by atomic mass is 10.0. The lowest BCUT2D eigenvalue weighted by molar-refractivity contribution is 0.459. The Morgan fingerprint density at radius 3 is 2.60 bits per heavy atom. The van der Waals surface area contributed by atoms with Crippen molar-refractivity contribution in [3.05, 3.63) is 29.3 Å². The molecule has 0 aliphatic heterocycles. The topological polar surface area (TPSA) is 24.9 Å². The molecule has 1 heterocycles. The summed E-state index contributed by atoms with van der Waals surface area (Å²) in [6.07, 6.45) is 4.62. The lowest BCUT2D eigenvalue weighted by Crippen LogP contribution is -2.37. The predicted octanol–water partition coefficient (Wildman–Crippen LogP) is 4.87. The summed E-state index contributed by atoms with van der Waals surface area (Å²) in [5.74, 6) is 0. The molecule has 1 aromatic carbocycles. The molecule has 4 heteroatoms. The molecule has 2 nitrogen and oxygen atoms in total. The van der Waals surface area contributed by atoms with Gasteiger partial charge in [0.15, 0.2) is 0 Å². The highest BCUT2D eigenvalue weighted by Crippen LogP contribution is 2.31. The first kappa shape index (κ1) is 15.8. The van der Waals surface area contributed by atoms with Crippen LogP contribution in [0.25, 0.3) is 10.2 Å². The second-order valence-electron chi connectivity index (χ2n) is 5.22. The van der Waals surface area contributed by atoms with Gasteiger partial charge in [-0.05, 0) is 38.2 Å². The van der Waals surface area contributed by atoms with Crippen LogP contribution in [0.2, 0.25) is 0 Å². The van der Waals surface area contributed by atoms with E-state index in [4.69, 9.17) is 4.98 Å². The van der Waals surface area contributed by atoms with Crippen LogP contribution in [-0.2, 0) is 0 Å². The van der Waals surface area contributed by atoms with Gasteiger partial charge in [0.05, 0.1) is 16.3 Å². The van der Waals surface area contributed by atoms with Crippen molar-refractivity contribution in [3.63, 3.8) is 0 Å². The summed E-state index contributed by atoms with van der Waals surface area (Å²) in [5, 5.41) is 4.87. The van der Waals surface area contributed by atoms with E-state index in [1.807, 2.05) is 11.8 Å². The number of hydrogen-bond acceptors (Lipinski definition) is 4. The van der Waals surface area contributed by atoms with Gasteiger partial charge >= 0.3 is 0 Å². The number of benzene rings is 1. The van der Waals surface area contributed by atoms with E-state index in [-0.39, 0.29) is 0 Å². The van der Waals surface area contributed by atoms with Crippen LogP contribution in [0.1, 0.15) is 44.7 Å². The van der Waals surface area contributed by atoms with Gasteiger partial charge in [0.2, 0.25) is 0 Å². The van der Waals surface area contributed by atoms with E-state index >= 15 is 0 Å². The van der Waals surface area contributed by atoms with Crippen LogP contribution in [0.3, 0.4) is 0 Å². The fraction of sp³-hybridized carbons (Fsp3) is 0.562. The molecule has 0 bridgehead atoms. The van der Waals surface area contributed by atoms with Gasteiger partial charge in [-0.3, -0.25) is 0 Å².